The third-order valence-corrected chi connectivity index (χ3v) is 2.31. The maximum Gasteiger partial charge on any atom is 0.219 e. The molecule has 0 aliphatic rings. The van der Waals surface area contributed by atoms with Crippen molar-refractivity contribution in [3.05, 3.63) is 0 Å². The number of likely N-dealkylation sites (N-methyl/N-ethyl adjacent to an activating group) is 1. The Labute approximate surface area is 73.7 Å². The lowest BCUT2D eigenvalue weighted by Gasteiger charge is -2.26. The van der Waals surface area contributed by atoms with E-state index in [1.165, 1.54) is 11.8 Å². The molecule has 0 heterocycles. The highest BCUT2D eigenvalue weighted by Gasteiger charge is 2.21. The van der Waals surface area contributed by atoms with E-state index in [0.717, 1.165) is 12.7 Å². The molecule has 0 saturated heterocycles. The number of aldehydes is 1. The van der Waals surface area contributed by atoms with Crippen LogP contribution < -0.4 is 0 Å². The highest BCUT2D eigenvalue weighted by atomic mass is 16.2. The van der Waals surface area contributed by atoms with Gasteiger partial charge in [-0.2, -0.15) is 0 Å². The van der Waals surface area contributed by atoms with Crippen LogP contribution in [-0.4, -0.2) is 30.2 Å². The van der Waals surface area contributed by atoms with E-state index in [1.807, 2.05) is 13.8 Å². The lowest BCUT2D eigenvalue weighted by atomic mass is 9.99. The first-order valence-corrected chi connectivity index (χ1v) is 4.23. The normalized spacial score (nSPS) is 15.0. The lowest BCUT2D eigenvalue weighted by molar-refractivity contribution is -0.134. The molecule has 0 aliphatic heterocycles. The van der Waals surface area contributed by atoms with Crippen molar-refractivity contribution in [3.8, 4) is 0 Å². The van der Waals surface area contributed by atoms with Gasteiger partial charge in [0.15, 0.2) is 0 Å². The molecule has 0 fully saturated rings. The van der Waals surface area contributed by atoms with Gasteiger partial charge in [0.2, 0.25) is 5.91 Å². The van der Waals surface area contributed by atoms with E-state index in [2.05, 4.69) is 0 Å². The first-order chi connectivity index (χ1) is 5.54. The van der Waals surface area contributed by atoms with Gasteiger partial charge in [0, 0.05) is 14.0 Å². The average molecular weight is 171 g/mol. The van der Waals surface area contributed by atoms with E-state index in [9.17, 15) is 9.59 Å². The van der Waals surface area contributed by atoms with Crippen molar-refractivity contribution < 1.29 is 9.59 Å². The molecule has 3 heteroatoms. The molecular weight excluding hydrogens is 154 g/mol. The monoisotopic (exact) mass is 171 g/mol. The molecule has 0 aliphatic carbocycles. The van der Waals surface area contributed by atoms with Gasteiger partial charge in [-0.25, -0.2) is 0 Å². The van der Waals surface area contributed by atoms with Crippen molar-refractivity contribution in [3.63, 3.8) is 0 Å². The van der Waals surface area contributed by atoms with Crippen LogP contribution in [-0.2, 0) is 9.59 Å². The zero-order valence-electron chi connectivity index (χ0n) is 8.20. The molecular formula is C9H17NO2. The van der Waals surface area contributed by atoms with Gasteiger partial charge in [0.05, 0.1) is 6.04 Å². The summed E-state index contributed by atoms with van der Waals surface area (Å²) in [6.07, 6.45) is 1.75. The Hall–Kier alpha value is -0.860. The predicted molar refractivity (Wildman–Crippen MR) is 47.8 cm³/mol. The molecule has 70 valence electrons. The van der Waals surface area contributed by atoms with E-state index in [0.29, 0.717) is 0 Å². The Morgan fingerprint density at radius 1 is 1.58 bits per heavy atom. The zero-order chi connectivity index (χ0) is 9.72. The first-order valence-electron chi connectivity index (χ1n) is 4.23. The molecule has 12 heavy (non-hydrogen) atoms. The molecule has 2 atom stereocenters. The van der Waals surface area contributed by atoms with Gasteiger partial charge >= 0.3 is 0 Å². The number of amides is 1. The van der Waals surface area contributed by atoms with Gasteiger partial charge in [-0.15, -0.1) is 0 Å². The van der Waals surface area contributed by atoms with Crippen LogP contribution >= 0.6 is 0 Å². The fourth-order valence-electron chi connectivity index (χ4n) is 1.06. The van der Waals surface area contributed by atoms with Gasteiger partial charge in [0.25, 0.3) is 0 Å². The molecule has 0 rings (SSSR count). The Balaban J connectivity index is 4.33. The minimum Gasteiger partial charge on any atom is -0.336 e. The van der Waals surface area contributed by atoms with Gasteiger partial charge in [0.1, 0.15) is 6.29 Å². The van der Waals surface area contributed by atoms with Crippen LogP contribution in [0.1, 0.15) is 27.2 Å². The Kier molecular flexibility index (Phi) is 4.55. The summed E-state index contributed by atoms with van der Waals surface area (Å²) < 4.78 is 0. The van der Waals surface area contributed by atoms with Crippen molar-refractivity contribution in [2.75, 3.05) is 7.05 Å². The molecule has 0 spiro atoms. The van der Waals surface area contributed by atoms with Crippen molar-refractivity contribution in [2.24, 2.45) is 5.92 Å². The van der Waals surface area contributed by atoms with E-state index in [4.69, 9.17) is 0 Å². The molecule has 0 aromatic rings. The number of hydrogen-bond acceptors (Lipinski definition) is 2. The number of carbonyl (C=O) groups excluding carboxylic acids is 2. The SMILES string of the molecule is CCC(C)C(C=O)N(C)C(C)=O. The summed E-state index contributed by atoms with van der Waals surface area (Å²) in [5, 5.41) is 0. The summed E-state index contributed by atoms with van der Waals surface area (Å²) in [6.45, 7) is 5.45. The Bertz CT molecular complexity index is 168. The number of nitrogens with zero attached hydrogens (tertiary/aromatic N) is 1. The maximum absolute atomic E-state index is 10.9. The van der Waals surface area contributed by atoms with Crippen LogP contribution in [0.4, 0.5) is 0 Å². The van der Waals surface area contributed by atoms with Gasteiger partial charge in [-0.05, 0) is 5.92 Å². The summed E-state index contributed by atoms with van der Waals surface area (Å²) in [5.41, 5.74) is 0. The smallest absolute Gasteiger partial charge is 0.219 e. The van der Waals surface area contributed by atoms with Gasteiger partial charge < -0.3 is 9.69 Å². The second-order valence-electron chi connectivity index (χ2n) is 3.14. The molecule has 0 N–H and O–H groups in total. The molecule has 0 radical (unpaired) electrons. The second kappa shape index (κ2) is 4.91. The van der Waals surface area contributed by atoms with Crippen molar-refractivity contribution >= 4 is 12.2 Å². The molecule has 1 amide bonds. The van der Waals surface area contributed by atoms with Crippen molar-refractivity contribution in [2.45, 2.75) is 33.2 Å². The Morgan fingerprint density at radius 3 is 2.33 bits per heavy atom. The Morgan fingerprint density at radius 2 is 2.08 bits per heavy atom. The van der Waals surface area contributed by atoms with Crippen LogP contribution in [0.2, 0.25) is 0 Å². The highest BCUT2D eigenvalue weighted by Crippen LogP contribution is 2.11. The van der Waals surface area contributed by atoms with Crippen LogP contribution in [0.15, 0.2) is 0 Å². The fraction of sp³-hybridized carbons (Fsp3) is 0.778. The number of rotatable bonds is 4. The van der Waals surface area contributed by atoms with Crippen LogP contribution in [0, 0.1) is 5.92 Å². The summed E-state index contributed by atoms with van der Waals surface area (Å²) in [4.78, 5) is 23.1. The van der Waals surface area contributed by atoms with Gasteiger partial charge in [-0.3, -0.25) is 4.79 Å². The summed E-state index contributed by atoms with van der Waals surface area (Å²) >= 11 is 0. The first kappa shape index (κ1) is 11.1. The summed E-state index contributed by atoms with van der Waals surface area (Å²) in [7, 11) is 1.66. The topological polar surface area (TPSA) is 37.4 Å². The quantitative estimate of drug-likeness (QED) is 0.593. The van der Waals surface area contributed by atoms with E-state index in [1.54, 1.807) is 7.05 Å². The third-order valence-electron chi connectivity index (χ3n) is 2.31. The molecule has 3 nitrogen and oxygen atoms in total. The molecule has 0 aromatic heterocycles. The zero-order valence-corrected chi connectivity index (χ0v) is 8.20. The van der Waals surface area contributed by atoms with E-state index < -0.39 is 0 Å². The van der Waals surface area contributed by atoms with Gasteiger partial charge in [-0.1, -0.05) is 20.3 Å². The molecule has 0 saturated carbocycles. The maximum atomic E-state index is 10.9. The lowest BCUT2D eigenvalue weighted by Crippen LogP contribution is -2.40. The number of hydrogen-bond donors (Lipinski definition) is 0. The summed E-state index contributed by atoms with van der Waals surface area (Å²) in [6, 6.07) is -0.271. The second-order valence-corrected chi connectivity index (χ2v) is 3.14. The molecule has 2 unspecified atom stereocenters. The fourth-order valence-corrected chi connectivity index (χ4v) is 1.06. The number of carbonyl (C=O) groups is 2. The summed E-state index contributed by atoms with van der Waals surface area (Å²) in [5.74, 6) is 0.170. The largest absolute Gasteiger partial charge is 0.336 e. The van der Waals surface area contributed by atoms with Crippen LogP contribution in [0.25, 0.3) is 0 Å². The van der Waals surface area contributed by atoms with Crippen LogP contribution in [0.3, 0.4) is 0 Å². The average Bonchev–Trinajstić information content (AvgIpc) is 2.05. The minimum absolute atomic E-state index is 0.0626. The van der Waals surface area contributed by atoms with Crippen molar-refractivity contribution in [1.29, 1.82) is 0 Å². The van der Waals surface area contributed by atoms with Crippen LogP contribution in [0.5, 0.6) is 0 Å². The molecule has 0 aromatic carbocycles. The van der Waals surface area contributed by atoms with Crippen molar-refractivity contribution in [1.82, 2.24) is 4.90 Å². The highest BCUT2D eigenvalue weighted by molar-refractivity contribution is 5.77. The third kappa shape index (κ3) is 2.64. The molecule has 0 bridgehead atoms. The minimum atomic E-state index is -0.271. The predicted octanol–water partition coefficient (Wildman–Crippen LogP) is 1.08. The van der Waals surface area contributed by atoms with E-state index >= 15 is 0 Å². The van der Waals surface area contributed by atoms with E-state index in [-0.39, 0.29) is 17.9 Å². The standard InChI is InChI=1S/C9H17NO2/c1-5-7(2)9(6-11)10(4)8(3)12/h6-7,9H,5H2,1-4H3.